The number of rotatable bonds is 3. The van der Waals surface area contributed by atoms with Gasteiger partial charge in [0.05, 0.1) is 5.41 Å². The number of hydrogen-bond donors (Lipinski definition) is 0. The molecule has 0 bridgehead atoms. The number of hydrogen-bond acceptors (Lipinski definition) is 1. The van der Waals surface area contributed by atoms with Gasteiger partial charge in [-0.25, -0.2) is 0 Å². The van der Waals surface area contributed by atoms with E-state index in [-0.39, 0.29) is 5.41 Å². The van der Waals surface area contributed by atoms with Crippen LogP contribution in [0.15, 0.2) is 169 Å². The molecule has 0 heterocycles. The molecule has 0 saturated carbocycles. The normalized spacial score (nSPS) is 15.2. The molecule has 0 aromatic heterocycles. The van der Waals surface area contributed by atoms with Crippen molar-refractivity contribution >= 4 is 44.2 Å². The third kappa shape index (κ3) is 3.46. The summed E-state index contributed by atoms with van der Waals surface area (Å²) in [6.07, 6.45) is 6.94. The molecule has 1 nitrogen and oxygen atoms in total. The quantitative estimate of drug-likeness (QED) is 0.199. The van der Waals surface area contributed by atoms with E-state index < -0.39 is 0 Å². The molecule has 0 atom stereocenters. The maximum atomic E-state index is 2.48. The van der Waals surface area contributed by atoms with Gasteiger partial charge in [0.15, 0.2) is 0 Å². The summed E-state index contributed by atoms with van der Waals surface area (Å²) in [4.78, 5) is 2.44. The average molecular weight is 586 g/mol. The van der Waals surface area contributed by atoms with Crippen LogP contribution in [0.3, 0.4) is 0 Å². The highest BCUT2D eigenvalue weighted by molar-refractivity contribution is 5.98. The fraction of sp³-hybridized carbons (Fsp3) is 0.0667. The Labute approximate surface area is 269 Å². The zero-order chi connectivity index (χ0) is 30.2. The minimum atomic E-state index is -0.288. The van der Waals surface area contributed by atoms with Gasteiger partial charge in [-0.05, 0) is 115 Å². The molecule has 7 aromatic rings. The molecule has 1 heteroatoms. The van der Waals surface area contributed by atoms with Gasteiger partial charge in [0.2, 0.25) is 0 Å². The van der Waals surface area contributed by atoms with Gasteiger partial charge in [0, 0.05) is 17.1 Å². The standard InChI is InChI=1S/C45H31N/c1-3-13-32-27-34(23-21-30(32)11-1)46(35-24-22-31-12-2-4-14-33(31)28-35)36-25-26-44-40(29-36)39-17-7-10-20-43(39)45(44)41-18-8-5-15-37(41)38-16-6-9-19-42(38)45/h1-6,8-16,18-29H,7,17H2. The largest absolute Gasteiger partial charge is 0.310 e. The molecule has 7 aromatic carbocycles. The molecule has 46 heavy (non-hydrogen) atoms. The highest BCUT2D eigenvalue weighted by atomic mass is 15.1. The molecule has 0 N–H and O–H groups in total. The Bertz CT molecular complexity index is 2320. The van der Waals surface area contributed by atoms with Gasteiger partial charge in [0.25, 0.3) is 0 Å². The SMILES string of the molecule is C1=CC2=C(CC1)c1cc(N(c3ccc4ccccc4c3)c3ccc4ccccc4c3)ccc1C21c2ccccc2-c2ccccc21. The summed E-state index contributed by atoms with van der Waals surface area (Å²) in [6, 6.07) is 56.4. The van der Waals surface area contributed by atoms with Crippen LogP contribution in [-0.2, 0) is 5.41 Å². The zero-order valence-electron chi connectivity index (χ0n) is 25.4. The zero-order valence-corrected chi connectivity index (χ0v) is 25.4. The van der Waals surface area contributed by atoms with Gasteiger partial charge in [-0.15, -0.1) is 0 Å². The molecule has 0 unspecified atom stereocenters. The second-order valence-electron chi connectivity index (χ2n) is 12.8. The molecular weight excluding hydrogens is 555 g/mol. The Morgan fingerprint density at radius 1 is 0.435 bits per heavy atom. The maximum Gasteiger partial charge on any atom is 0.0722 e. The number of anilines is 3. The van der Waals surface area contributed by atoms with Crippen molar-refractivity contribution in [3.63, 3.8) is 0 Å². The highest BCUT2D eigenvalue weighted by Gasteiger charge is 2.52. The van der Waals surface area contributed by atoms with Crippen LogP contribution in [0.1, 0.15) is 35.1 Å². The van der Waals surface area contributed by atoms with Crippen molar-refractivity contribution in [2.24, 2.45) is 0 Å². The molecule has 0 fully saturated rings. The van der Waals surface area contributed by atoms with Crippen LogP contribution >= 0.6 is 0 Å². The average Bonchev–Trinajstić information content (AvgIpc) is 3.59. The fourth-order valence-corrected chi connectivity index (χ4v) is 8.58. The predicted molar refractivity (Wildman–Crippen MR) is 193 cm³/mol. The van der Waals surface area contributed by atoms with E-state index in [2.05, 4.69) is 169 Å². The molecule has 0 amide bonds. The first-order chi connectivity index (χ1) is 22.8. The van der Waals surface area contributed by atoms with Gasteiger partial charge >= 0.3 is 0 Å². The van der Waals surface area contributed by atoms with Crippen LogP contribution in [0.4, 0.5) is 17.1 Å². The lowest BCUT2D eigenvalue weighted by Crippen LogP contribution is -2.27. The van der Waals surface area contributed by atoms with Crippen LogP contribution in [0.25, 0.3) is 38.2 Å². The second kappa shape index (κ2) is 9.67. The van der Waals surface area contributed by atoms with Crippen LogP contribution in [0.5, 0.6) is 0 Å². The van der Waals surface area contributed by atoms with E-state index in [0.29, 0.717) is 0 Å². The predicted octanol–water partition coefficient (Wildman–Crippen LogP) is 11.9. The van der Waals surface area contributed by atoms with Crippen molar-refractivity contribution in [1.29, 1.82) is 0 Å². The van der Waals surface area contributed by atoms with Crippen molar-refractivity contribution in [3.8, 4) is 11.1 Å². The van der Waals surface area contributed by atoms with Crippen LogP contribution in [-0.4, -0.2) is 0 Å². The summed E-state index contributed by atoms with van der Waals surface area (Å²) in [7, 11) is 0. The number of nitrogens with zero attached hydrogens (tertiary/aromatic N) is 1. The molecule has 10 rings (SSSR count). The minimum absolute atomic E-state index is 0.288. The van der Waals surface area contributed by atoms with Crippen molar-refractivity contribution in [2.75, 3.05) is 4.90 Å². The lowest BCUT2D eigenvalue weighted by Gasteiger charge is -2.32. The maximum absolute atomic E-state index is 2.48. The molecular formula is C45H31N. The Kier molecular flexibility index (Phi) is 5.39. The van der Waals surface area contributed by atoms with E-state index in [0.717, 1.165) is 24.2 Å². The summed E-state index contributed by atoms with van der Waals surface area (Å²) in [6.45, 7) is 0. The van der Waals surface area contributed by atoms with Crippen molar-refractivity contribution < 1.29 is 0 Å². The second-order valence-corrected chi connectivity index (χ2v) is 12.8. The summed E-state index contributed by atoms with van der Waals surface area (Å²) in [5.74, 6) is 0. The number of allylic oxidation sites excluding steroid dienone is 4. The van der Waals surface area contributed by atoms with E-state index in [1.165, 1.54) is 71.8 Å². The van der Waals surface area contributed by atoms with Crippen molar-refractivity contribution in [3.05, 3.63) is 192 Å². The topological polar surface area (TPSA) is 3.24 Å². The lowest BCUT2D eigenvalue weighted by atomic mass is 9.69. The molecule has 0 radical (unpaired) electrons. The first kappa shape index (κ1) is 25.6. The van der Waals surface area contributed by atoms with Crippen molar-refractivity contribution in [1.82, 2.24) is 0 Å². The lowest BCUT2D eigenvalue weighted by molar-refractivity contribution is 0.780. The smallest absolute Gasteiger partial charge is 0.0722 e. The first-order valence-corrected chi connectivity index (χ1v) is 16.3. The third-order valence-corrected chi connectivity index (χ3v) is 10.5. The summed E-state index contributed by atoms with van der Waals surface area (Å²) in [5.41, 5.74) is 14.5. The van der Waals surface area contributed by atoms with Gasteiger partial charge in [-0.1, -0.05) is 127 Å². The highest BCUT2D eigenvalue weighted by Crippen LogP contribution is 2.63. The summed E-state index contributed by atoms with van der Waals surface area (Å²) >= 11 is 0. The van der Waals surface area contributed by atoms with Crippen LogP contribution < -0.4 is 4.90 Å². The first-order valence-electron chi connectivity index (χ1n) is 16.3. The van der Waals surface area contributed by atoms with E-state index >= 15 is 0 Å². The molecule has 0 saturated heterocycles. The summed E-state index contributed by atoms with van der Waals surface area (Å²) in [5, 5.41) is 4.99. The molecule has 1 spiro atoms. The number of benzene rings is 7. The van der Waals surface area contributed by atoms with Crippen molar-refractivity contribution in [2.45, 2.75) is 18.3 Å². The molecule has 216 valence electrons. The van der Waals surface area contributed by atoms with E-state index in [9.17, 15) is 0 Å². The van der Waals surface area contributed by atoms with E-state index in [1.807, 2.05) is 0 Å². The summed E-state index contributed by atoms with van der Waals surface area (Å²) < 4.78 is 0. The fourth-order valence-electron chi connectivity index (χ4n) is 8.58. The Hall–Kier alpha value is -5.66. The Morgan fingerprint density at radius 3 is 1.57 bits per heavy atom. The van der Waals surface area contributed by atoms with Gasteiger partial charge in [-0.3, -0.25) is 0 Å². The molecule has 3 aliphatic carbocycles. The minimum Gasteiger partial charge on any atom is -0.310 e. The molecule has 0 aliphatic heterocycles. The van der Waals surface area contributed by atoms with E-state index in [1.54, 1.807) is 0 Å². The van der Waals surface area contributed by atoms with Gasteiger partial charge in [0.1, 0.15) is 0 Å². The van der Waals surface area contributed by atoms with E-state index in [4.69, 9.17) is 0 Å². The Balaban J connectivity index is 1.23. The Morgan fingerprint density at radius 2 is 0.935 bits per heavy atom. The van der Waals surface area contributed by atoms with Crippen LogP contribution in [0.2, 0.25) is 0 Å². The van der Waals surface area contributed by atoms with Gasteiger partial charge < -0.3 is 4.90 Å². The van der Waals surface area contributed by atoms with Gasteiger partial charge in [-0.2, -0.15) is 0 Å². The monoisotopic (exact) mass is 585 g/mol. The molecule has 3 aliphatic rings. The van der Waals surface area contributed by atoms with Crippen LogP contribution in [0, 0.1) is 0 Å². The third-order valence-electron chi connectivity index (χ3n) is 10.5. The number of fused-ring (bicyclic) bond motifs is 11.